The van der Waals surface area contributed by atoms with Crippen molar-refractivity contribution in [2.45, 2.75) is 45.0 Å². The molecule has 1 rings (SSSR count). The number of nitrogens with zero attached hydrogens (tertiary/aromatic N) is 1. The zero-order valence-electron chi connectivity index (χ0n) is 15.8. The van der Waals surface area contributed by atoms with Crippen molar-refractivity contribution < 1.29 is 13.3 Å². The van der Waals surface area contributed by atoms with Crippen LogP contribution in [0.4, 0.5) is 4.39 Å². The lowest BCUT2D eigenvalue weighted by Gasteiger charge is -2.21. The summed E-state index contributed by atoms with van der Waals surface area (Å²) in [6.45, 7) is 9.01. The van der Waals surface area contributed by atoms with E-state index in [0.29, 0.717) is 30.6 Å². The molecule has 0 spiro atoms. The fourth-order valence-electron chi connectivity index (χ4n) is 2.00. The predicted octanol–water partition coefficient (Wildman–Crippen LogP) is 2.70. The van der Waals surface area contributed by atoms with Crippen LogP contribution in [-0.2, 0) is 10.8 Å². The number of ether oxygens (including phenoxy) is 1. The average Bonchev–Trinajstić information content (AvgIpc) is 2.55. The highest BCUT2D eigenvalue weighted by atomic mass is 32.2. The minimum Gasteiger partial charge on any atom is -0.489 e. The highest BCUT2D eigenvalue weighted by molar-refractivity contribution is 7.86. The Morgan fingerprint density at radius 1 is 1.36 bits per heavy atom. The maximum atomic E-state index is 13.2. The molecule has 7 heteroatoms. The van der Waals surface area contributed by atoms with Crippen LogP contribution < -0.4 is 15.4 Å². The minimum absolute atomic E-state index is 0.107. The van der Waals surface area contributed by atoms with Gasteiger partial charge >= 0.3 is 0 Å². The van der Waals surface area contributed by atoms with Crippen LogP contribution in [0.2, 0.25) is 0 Å². The summed E-state index contributed by atoms with van der Waals surface area (Å²) in [6, 6.07) is 6.12. The maximum Gasteiger partial charge on any atom is 0.191 e. The average molecular weight is 372 g/mol. The van der Waals surface area contributed by atoms with Crippen molar-refractivity contribution in [3.05, 3.63) is 30.1 Å². The number of nitrogens with one attached hydrogen (secondary N) is 2. The molecule has 1 aromatic carbocycles. The maximum absolute atomic E-state index is 13.2. The van der Waals surface area contributed by atoms with Gasteiger partial charge in [0.25, 0.3) is 0 Å². The van der Waals surface area contributed by atoms with Gasteiger partial charge in [-0.25, -0.2) is 4.39 Å². The second kappa shape index (κ2) is 10.4. The molecule has 2 unspecified atom stereocenters. The van der Waals surface area contributed by atoms with E-state index < -0.39 is 10.8 Å². The highest BCUT2D eigenvalue weighted by Gasteiger charge is 2.18. The second-order valence-corrected chi connectivity index (χ2v) is 8.97. The van der Waals surface area contributed by atoms with Crippen molar-refractivity contribution >= 4 is 16.8 Å². The normalized spacial score (nSPS) is 14.7. The van der Waals surface area contributed by atoms with Crippen LogP contribution in [0.3, 0.4) is 0 Å². The molecule has 0 saturated carbocycles. The van der Waals surface area contributed by atoms with Crippen molar-refractivity contribution in [1.82, 2.24) is 10.6 Å². The van der Waals surface area contributed by atoms with Gasteiger partial charge in [0.15, 0.2) is 5.96 Å². The molecule has 0 aromatic heterocycles. The Kier molecular flexibility index (Phi) is 8.89. The standard InChI is InChI=1S/C18H30FN3O2S/c1-6-15(24-16-9-7-8-14(19)12-16)13-22-17(20-5)21-10-11-25(23)18(2,3)4/h7-9,12,15H,6,10-11,13H2,1-5H3,(H2,20,21,22). The van der Waals surface area contributed by atoms with E-state index in [1.165, 1.54) is 12.1 Å². The molecular formula is C18H30FN3O2S. The van der Waals surface area contributed by atoms with Gasteiger partial charge in [0.2, 0.25) is 0 Å². The Labute approximate surface area is 152 Å². The number of guanidine groups is 1. The molecule has 0 heterocycles. The third-order valence-electron chi connectivity index (χ3n) is 3.54. The molecular weight excluding hydrogens is 341 g/mol. The van der Waals surface area contributed by atoms with Gasteiger partial charge in [-0.1, -0.05) is 13.0 Å². The Morgan fingerprint density at radius 3 is 2.64 bits per heavy atom. The molecule has 2 N–H and O–H groups in total. The number of hydrogen-bond acceptors (Lipinski definition) is 3. The van der Waals surface area contributed by atoms with Crippen molar-refractivity contribution in [3.8, 4) is 5.75 Å². The van der Waals surface area contributed by atoms with Crippen molar-refractivity contribution in [2.24, 2.45) is 4.99 Å². The Morgan fingerprint density at radius 2 is 2.08 bits per heavy atom. The van der Waals surface area contributed by atoms with Crippen LogP contribution in [0, 0.1) is 5.82 Å². The molecule has 1 aromatic rings. The second-order valence-electron chi connectivity index (χ2n) is 6.65. The fraction of sp³-hybridized carbons (Fsp3) is 0.611. The van der Waals surface area contributed by atoms with E-state index in [9.17, 15) is 8.60 Å². The Balaban J connectivity index is 2.43. The zero-order valence-corrected chi connectivity index (χ0v) is 16.6. The Bertz CT molecular complexity index is 588. The summed E-state index contributed by atoms with van der Waals surface area (Å²) in [5.41, 5.74) is 0. The number of benzene rings is 1. The van der Waals surface area contributed by atoms with Gasteiger partial charge in [0.1, 0.15) is 17.7 Å². The van der Waals surface area contributed by atoms with E-state index >= 15 is 0 Å². The molecule has 0 aliphatic carbocycles. The van der Waals surface area contributed by atoms with Crippen LogP contribution in [0.5, 0.6) is 5.75 Å². The molecule has 0 fully saturated rings. The monoisotopic (exact) mass is 371 g/mol. The fourth-order valence-corrected chi connectivity index (χ4v) is 2.90. The summed E-state index contributed by atoms with van der Waals surface area (Å²) >= 11 is 0. The first kappa shape index (κ1) is 21.4. The summed E-state index contributed by atoms with van der Waals surface area (Å²) in [5.74, 6) is 1.38. The molecule has 0 radical (unpaired) electrons. The summed E-state index contributed by atoms with van der Waals surface area (Å²) in [4.78, 5) is 4.15. The first-order chi connectivity index (χ1) is 11.8. The predicted molar refractivity (Wildman–Crippen MR) is 103 cm³/mol. The minimum atomic E-state index is -0.904. The third kappa shape index (κ3) is 8.34. The van der Waals surface area contributed by atoms with Crippen LogP contribution >= 0.6 is 0 Å². The van der Waals surface area contributed by atoms with Gasteiger partial charge in [-0.15, -0.1) is 0 Å². The summed E-state index contributed by atoms with van der Waals surface area (Å²) in [5, 5.41) is 6.34. The first-order valence-corrected chi connectivity index (χ1v) is 9.83. The Hall–Kier alpha value is -1.63. The van der Waals surface area contributed by atoms with Gasteiger partial charge in [-0.2, -0.15) is 0 Å². The molecule has 25 heavy (non-hydrogen) atoms. The van der Waals surface area contributed by atoms with Crippen LogP contribution in [0.1, 0.15) is 34.1 Å². The zero-order chi connectivity index (χ0) is 18.9. The highest BCUT2D eigenvalue weighted by Crippen LogP contribution is 2.14. The van der Waals surface area contributed by atoms with E-state index in [2.05, 4.69) is 15.6 Å². The lowest BCUT2D eigenvalue weighted by Crippen LogP contribution is -2.44. The quantitative estimate of drug-likeness (QED) is 0.545. The largest absolute Gasteiger partial charge is 0.489 e. The van der Waals surface area contributed by atoms with Gasteiger partial charge in [0.05, 0.1) is 6.54 Å². The summed E-state index contributed by atoms with van der Waals surface area (Å²) < 4.78 is 30.8. The smallest absolute Gasteiger partial charge is 0.191 e. The van der Waals surface area contributed by atoms with E-state index in [-0.39, 0.29) is 16.7 Å². The molecule has 0 amide bonds. The molecule has 0 aliphatic heterocycles. The summed E-state index contributed by atoms with van der Waals surface area (Å²) in [7, 11) is 0.781. The van der Waals surface area contributed by atoms with Crippen LogP contribution in [0.15, 0.2) is 29.3 Å². The number of aliphatic imine (C=N–C) groups is 1. The van der Waals surface area contributed by atoms with E-state index in [0.717, 1.165) is 6.42 Å². The molecule has 2 atom stereocenters. The molecule has 0 saturated heterocycles. The van der Waals surface area contributed by atoms with E-state index in [4.69, 9.17) is 4.74 Å². The first-order valence-electron chi connectivity index (χ1n) is 8.51. The van der Waals surface area contributed by atoms with E-state index in [1.807, 2.05) is 27.7 Å². The van der Waals surface area contributed by atoms with Gasteiger partial charge < -0.3 is 15.4 Å². The van der Waals surface area contributed by atoms with Crippen LogP contribution in [-0.4, -0.2) is 46.9 Å². The number of halogens is 1. The molecule has 142 valence electrons. The molecule has 0 bridgehead atoms. The SMILES string of the molecule is CCC(CNC(=NC)NCCS(=O)C(C)(C)C)Oc1cccc(F)c1. The lowest BCUT2D eigenvalue weighted by molar-refractivity contribution is 0.199. The van der Waals surface area contributed by atoms with Crippen molar-refractivity contribution in [1.29, 1.82) is 0 Å². The van der Waals surface area contributed by atoms with Gasteiger partial charge in [0, 0.05) is 41.0 Å². The number of hydrogen-bond donors (Lipinski definition) is 2. The lowest BCUT2D eigenvalue weighted by atomic mass is 10.2. The van der Waals surface area contributed by atoms with Crippen molar-refractivity contribution in [2.75, 3.05) is 25.9 Å². The molecule has 5 nitrogen and oxygen atoms in total. The van der Waals surface area contributed by atoms with Crippen LogP contribution in [0.25, 0.3) is 0 Å². The molecule has 0 aliphatic rings. The van der Waals surface area contributed by atoms with Gasteiger partial charge in [-0.05, 0) is 39.3 Å². The number of rotatable bonds is 8. The topological polar surface area (TPSA) is 62.7 Å². The van der Waals surface area contributed by atoms with Crippen molar-refractivity contribution in [3.63, 3.8) is 0 Å². The van der Waals surface area contributed by atoms with Gasteiger partial charge in [-0.3, -0.25) is 9.20 Å². The summed E-state index contributed by atoms with van der Waals surface area (Å²) in [6.07, 6.45) is 0.665. The third-order valence-corrected chi connectivity index (χ3v) is 5.48. The van der Waals surface area contributed by atoms with E-state index in [1.54, 1.807) is 19.2 Å².